The zero-order valence-corrected chi connectivity index (χ0v) is 36.7. The van der Waals surface area contributed by atoms with Crippen molar-refractivity contribution in [2.75, 3.05) is 0 Å². The zero-order chi connectivity index (χ0) is 36.6. The van der Waals surface area contributed by atoms with Gasteiger partial charge in [-0.25, -0.2) is 0 Å². The Bertz CT molecular complexity index is 1830. The van der Waals surface area contributed by atoms with E-state index in [1.165, 1.54) is 85.3 Å². The van der Waals surface area contributed by atoms with E-state index < -0.39 is 20.8 Å². The van der Waals surface area contributed by atoms with E-state index in [-0.39, 0.29) is 0 Å². The van der Waals surface area contributed by atoms with E-state index >= 15 is 0 Å². The predicted molar refractivity (Wildman–Crippen MR) is 225 cm³/mol. The Morgan fingerprint density at radius 2 is 0.980 bits per heavy atom. The Morgan fingerprint density at radius 3 is 1.38 bits per heavy atom. The molecule has 0 fully saturated rings. The second kappa shape index (κ2) is 22.0. The first-order chi connectivity index (χ1) is 24.2. The molecule has 0 saturated carbocycles. The molecular weight excluding hydrogens is 743 g/mol. The van der Waals surface area contributed by atoms with Gasteiger partial charge >= 0.3 is 37.9 Å². The molecule has 0 aliphatic carbocycles. The number of benzene rings is 4. The van der Waals surface area contributed by atoms with Gasteiger partial charge in [-0.2, -0.15) is 12.1 Å². The summed E-state index contributed by atoms with van der Waals surface area (Å²) in [6.45, 7) is 20.2. The van der Waals surface area contributed by atoms with E-state index in [9.17, 15) is 0 Å². The Morgan fingerprint density at radius 1 is 0.580 bits per heavy atom. The van der Waals surface area contributed by atoms with E-state index in [2.05, 4.69) is 171 Å². The van der Waals surface area contributed by atoms with Crippen LogP contribution >= 0.6 is 17.0 Å². The molecule has 0 N–H and O–H groups in total. The van der Waals surface area contributed by atoms with Gasteiger partial charge in [-0.15, -0.1) is 69.1 Å². The third-order valence-electron chi connectivity index (χ3n) is 9.98. The van der Waals surface area contributed by atoms with Crippen molar-refractivity contribution in [3.63, 3.8) is 0 Å². The molecule has 0 aliphatic heterocycles. The monoisotopic (exact) mass is 796 g/mol. The summed E-state index contributed by atoms with van der Waals surface area (Å²) < 4.78 is 0. The van der Waals surface area contributed by atoms with Crippen molar-refractivity contribution >= 4 is 48.1 Å². The Balaban J connectivity index is 0.000000235. The molecule has 0 aromatic heterocycles. The molecule has 2 radical (unpaired) electrons. The average molecular weight is 799 g/mol. The van der Waals surface area contributed by atoms with Crippen LogP contribution in [0, 0.1) is 0 Å². The minimum absolute atomic E-state index is 0.628. The average Bonchev–Trinajstić information content (AvgIpc) is 3.80. The van der Waals surface area contributed by atoms with Gasteiger partial charge in [0.05, 0.1) is 0 Å². The van der Waals surface area contributed by atoms with Crippen molar-refractivity contribution in [2.24, 2.45) is 0 Å². The van der Waals surface area contributed by atoms with Crippen molar-refractivity contribution in [3.05, 3.63) is 131 Å². The number of hydrogen-bond donors (Lipinski definition) is 0. The van der Waals surface area contributed by atoms with E-state index in [1.54, 1.807) is 0 Å². The summed E-state index contributed by atoms with van der Waals surface area (Å²) in [4.78, 5) is 0. The van der Waals surface area contributed by atoms with E-state index in [0.29, 0.717) is 17.8 Å². The summed E-state index contributed by atoms with van der Waals surface area (Å²) >= 11 is -0.826. The number of aryl methyl sites for hydroxylation is 1. The van der Waals surface area contributed by atoms with Gasteiger partial charge in [0.2, 0.25) is 0 Å². The standard InChI is InChI=1S/C23H27.C21H23.C2H6Si.2ClH.Zr/c1-5-16(3)18-10-12-19(13-11-18)22-9-7-8-20-14-21(15-23(20)22)17(4)6-2;1-4-15(3)17-9-11-18(12-10-17)20-8-6-7-19-13-16(5-2)14-21(19)20;1-3-2;;;/h7-17H,5-6H2,1-4H3;6-15H,4-5H2,1-3H3;1-2H3;2*1H;/q2*-1;;;;+4/p-2. The second-order valence-corrected chi connectivity index (χ2v) is 18.1. The van der Waals surface area contributed by atoms with Crippen LogP contribution in [-0.2, 0) is 27.3 Å². The quantitative estimate of drug-likeness (QED) is 0.101. The van der Waals surface area contributed by atoms with Crippen LogP contribution in [-0.4, -0.2) is 9.52 Å². The summed E-state index contributed by atoms with van der Waals surface area (Å²) in [6.07, 6.45) is 4.67. The first-order valence-electron chi connectivity index (χ1n) is 18.3. The molecule has 3 unspecified atom stereocenters. The fourth-order valence-electron chi connectivity index (χ4n) is 6.24. The van der Waals surface area contributed by atoms with Gasteiger partial charge in [0.15, 0.2) is 0 Å². The maximum absolute atomic E-state index is 4.93. The Labute approximate surface area is 325 Å². The van der Waals surface area contributed by atoms with Crippen molar-refractivity contribution in [3.8, 4) is 22.3 Å². The van der Waals surface area contributed by atoms with Crippen molar-refractivity contribution in [2.45, 2.75) is 105 Å². The summed E-state index contributed by atoms with van der Waals surface area (Å²) in [5.74, 6) is 1.90. The molecule has 0 heterocycles. The molecule has 4 heteroatoms. The Hall–Kier alpha value is -2.22. The number of halogens is 2. The topological polar surface area (TPSA) is 0 Å². The molecular formula is C46H56Cl2SiZr. The van der Waals surface area contributed by atoms with Crippen LogP contribution in [0.1, 0.15) is 108 Å². The molecule has 0 spiro atoms. The van der Waals surface area contributed by atoms with Crippen molar-refractivity contribution < 1.29 is 20.8 Å². The molecule has 3 atom stereocenters. The van der Waals surface area contributed by atoms with Gasteiger partial charge in [-0.3, -0.25) is 0 Å². The van der Waals surface area contributed by atoms with Gasteiger partial charge in [-0.1, -0.05) is 140 Å². The maximum atomic E-state index is 4.93. The summed E-state index contributed by atoms with van der Waals surface area (Å²) in [5.41, 5.74) is 11.1. The summed E-state index contributed by atoms with van der Waals surface area (Å²) in [7, 11) is 11.0. The fourth-order valence-corrected chi connectivity index (χ4v) is 6.24. The van der Waals surface area contributed by atoms with Crippen LogP contribution in [0.25, 0.3) is 43.8 Å². The summed E-state index contributed by atoms with van der Waals surface area (Å²) in [5, 5.41) is 5.49. The molecule has 6 aromatic rings. The van der Waals surface area contributed by atoms with E-state index in [1.807, 2.05) is 0 Å². The molecule has 50 heavy (non-hydrogen) atoms. The summed E-state index contributed by atoms with van der Waals surface area (Å²) in [6, 6.07) is 41.0. The number of fused-ring (bicyclic) bond motifs is 2. The van der Waals surface area contributed by atoms with Gasteiger partial charge in [0.1, 0.15) is 0 Å². The molecule has 6 rings (SSSR count). The third kappa shape index (κ3) is 11.4. The number of hydrogen-bond acceptors (Lipinski definition) is 0. The van der Waals surface area contributed by atoms with Crippen LogP contribution in [0.3, 0.4) is 0 Å². The zero-order valence-electron chi connectivity index (χ0n) is 31.7. The van der Waals surface area contributed by atoms with Gasteiger partial charge in [0.25, 0.3) is 0 Å². The number of rotatable bonds is 9. The minimum atomic E-state index is -0.826. The van der Waals surface area contributed by atoms with E-state index in [4.69, 9.17) is 17.0 Å². The van der Waals surface area contributed by atoms with Crippen LogP contribution in [0.2, 0.25) is 13.1 Å². The first-order valence-corrected chi connectivity index (χ1v) is 26.7. The van der Waals surface area contributed by atoms with Crippen LogP contribution in [0.15, 0.2) is 109 Å². The van der Waals surface area contributed by atoms with Crippen molar-refractivity contribution in [1.82, 2.24) is 0 Å². The predicted octanol–water partition coefficient (Wildman–Crippen LogP) is 15.7. The van der Waals surface area contributed by atoms with Gasteiger partial charge < -0.3 is 0 Å². The molecule has 0 bridgehead atoms. The van der Waals surface area contributed by atoms with Crippen LogP contribution in [0.4, 0.5) is 0 Å². The Kier molecular flexibility index (Phi) is 18.6. The SMILES string of the molecule is CCC(C)c1ccc(-c2cccc3[cH-]c(C(C)CC)cc23)cc1.CCc1cc2c(-c3ccc(C(C)CC)cc3)cccc2[cH-]1.C[Si]C.[Cl][Zr+2][Cl]. The molecule has 6 aromatic carbocycles. The third-order valence-corrected chi connectivity index (χ3v) is 9.98. The molecule has 0 aliphatic rings. The van der Waals surface area contributed by atoms with E-state index in [0.717, 1.165) is 15.9 Å². The van der Waals surface area contributed by atoms with Crippen molar-refractivity contribution in [1.29, 1.82) is 0 Å². The van der Waals surface area contributed by atoms with Crippen LogP contribution < -0.4 is 0 Å². The molecule has 262 valence electrons. The molecule has 0 nitrogen and oxygen atoms in total. The second-order valence-electron chi connectivity index (χ2n) is 13.4. The fraction of sp³-hybridized carbons (Fsp3) is 0.348. The van der Waals surface area contributed by atoms with Crippen LogP contribution in [0.5, 0.6) is 0 Å². The van der Waals surface area contributed by atoms with Gasteiger partial charge in [-0.05, 0) is 59.3 Å². The molecule has 0 saturated heterocycles. The molecule has 0 amide bonds. The van der Waals surface area contributed by atoms with Gasteiger partial charge in [0, 0.05) is 9.52 Å². The normalized spacial score (nSPS) is 12.4. The first kappa shape index (κ1) is 42.2.